The second kappa shape index (κ2) is 11.4. The van der Waals surface area contributed by atoms with Crippen molar-refractivity contribution in [2.24, 2.45) is 10.9 Å². The van der Waals surface area contributed by atoms with E-state index in [4.69, 9.17) is 14.2 Å². The largest absolute Gasteiger partial charge is 0.497 e. The van der Waals surface area contributed by atoms with Crippen molar-refractivity contribution in [2.45, 2.75) is 12.8 Å². The average molecular weight is 463 g/mol. The van der Waals surface area contributed by atoms with Crippen molar-refractivity contribution in [1.82, 2.24) is 10.2 Å². The van der Waals surface area contributed by atoms with Crippen molar-refractivity contribution in [2.75, 3.05) is 54.6 Å². The molecule has 0 aromatic heterocycles. The first kappa shape index (κ1) is 21.8. The maximum absolute atomic E-state index is 5.44. The Labute approximate surface area is 167 Å². The molecule has 25 heavy (non-hydrogen) atoms. The van der Waals surface area contributed by atoms with Crippen LogP contribution in [0, 0.1) is 5.92 Å². The first-order chi connectivity index (χ1) is 11.7. The van der Waals surface area contributed by atoms with E-state index in [2.05, 4.69) is 22.3 Å². The molecule has 1 N–H and O–H groups in total. The fourth-order valence-corrected chi connectivity index (χ4v) is 2.97. The van der Waals surface area contributed by atoms with Gasteiger partial charge in [-0.15, -0.1) is 24.0 Å². The van der Waals surface area contributed by atoms with Crippen molar-refractivity contribution in [3.63, 3.8) is 0 Å². The van der Waals surface area contributed by atoms with E-state index in [9.17, 15) is 0 Å². The zero-order chi connectivity index (χ0) is 17.4. The molecule has 1 saturated heterocycles. The summed E-state index contributed by atoms with van der Waals surface area (Å²) in [6.45, 7) is 3.46. The highest BCUT2D eigenvalue weighted by Gasteiger charge is 2.19. The van der Waals surface area contributed by atoms with Crippen LogP contribution < -0.4 is 14.8 Å². The molecule has 0 spiro atoms. The minimum atomic E-state index is 0. The van der Waals surface area contributed by atoms with Crippen LogP contribution in [0.3, 0.4) is 0 Å². The highest BCUT2D eigenvalue weighted by atomic mass is 127. The van der Waals surface area contributed by atoms with Crippen LogP contribution in [-0.4, -0.2) is 65.5 Å². The fourth-order valence-electron chi connectivity index (χ4n) is 2.97. The van der Waals surface area contributed by atoms with Gasteiger partial charge in [0.1, 0.15) is 11.5 Å². The summed E-state index contributed by atoms with van der Waals surface area (Å²) in [5.74, 6) is 3.22. The summed E-state index contributed by atoms with van der Waals surface area (Å²) in [5, 5.41) is 3.42. The quantitative estimate of drug-likeness (QED) is 0.383. The molecule has 0 aliphatic carbocycles. The van der Waals surface area contributed by atoms with Gasteiger partial charge in [-0.3, -0.25) is 4.99 Å². The molecule has 0 saturated carbocycles. The lowest BCUT2D eigenvalue weighted by Gasteiger charge is -2.24. The molecular weight excluding hydrogens is 433 g/mol. The van der Waals surface area contributed by atoms with Crippen LogP contribution >= 0.6 is 24.0 Å². The molecular formula is C18H30IN3O3. The SMILES string of the molecule is CN=C(NCCc1cc(OC)ccc1OC)N(C)CC1CCOC1.I. The van der Waals surface area contributed by atoms with Gasteiger partial charge in [0, 0.05) is 39.7 Å². The standard InChI is InChI=1S/C18H29N3O3.HI/c1-19-18(21(2)12-14-8-10-24-13-14)20-9-7-15-11-16(22-3)5-6-17(15)23-4;/h5-6,11,14H,7-10,12-13H2,1-4H3,(H,19,20);1H. The summed E-state index contributed by atoms with van der Waals surface area (Å²) in [5.41, 5.74) is 1.12. The molecule has 1 unspecified atom stereocenters. The molecule has 6 nitrogen and oxygen atoms in total. The summed E-state index contributed by atoms with van der Waals surface area (Å²) >= 11 is 0. The van der Waals surface area contributed by atoms with Gasteiger partial charge < -0.3 is 24.4 Å². The van der Waals surface area contributed by atoms with E-state index < -0.39 is 0 Å². The van der Waals surface area contributed by atoms with Crippen LogP contribution in [0.1, 0.15) is 12.0 Å². The summed E-state index contributed by atoms with van der Waals surface area (Å²) in [4.78, 5) is 6.54. The molecule has 1 aromatic carbocycles. The minimum Gasteiger partial charge on any atom is -0.497 e. The highest BCUT2D eigenvalue weighted by molar-refractivity contribution is 14.0. The number of guanidine groups is 1. The predicted molar refractivity (Wildman–Crippen MR) is 112 cm³/mol. The highest BCUT2D eigenvalue weighted by Crippen LogP contribution is 2.24. The molecule has 1 atom stereocenters. The number of methoxy groups -OCH3 is 2. The molecule has 2 rings (SSSR count). The maximum atomic E-state index is 5.44. The normalized spacial score (nSPS) is 17.0. The Balaban J connectivity index is 0.00000312. The van der Waals surface area contributed by atoms with Crippen molar-refractivity contribution in [3.05, 3.63) is 23.8 Å². The Bertz CT molecular complexity index is 548. The molecule has 1 aliphatic rings. The molecule has 1 aliphatic heterocycles. The Kier molecular flexibility index (Phi) is 9.96. The van der Waals surface area contributed by atoms with Crippen molar-refractivity contribution < 1.29 is 14.2 Å². The molecule has 1 aromatic rings. The number of benzene rings is 1. The smallest absolute Gasteiger partial charge is 0.193 e. The van der Waals surface area contributed by atoms with Gasteiger partial charge in [0.2, 0.25) is 0 Å². The maximum Gasteiger partial charge on any atom is 0.193 e. The number of aliphatic imine (C=N–C) groups is 1. The summed E-state index contributed by atoms with van der Waals surface area (Å²) in [7, 11) is 7.25. The number of nitrogens with zero attached hydrogens (tertiary/aromatic N) is 2. The lowest BCUT2D eigenvalue weighted by Crippen LogP contribution is -2.42. The predicted octanol–water partition coefficient (Wildman–Crippen LogP) is 2.41. The van der Waals surface area contributed by atoms with E-state index in [1.807, 2.05) is 25.2 Å². The van der Waals surface area contributed by atoms with Crippen molar-refractivity contribution >= 4 is 29.9 Å². The molecule has 1 heterocycles. The topological polar surface area (TPSA) is 55.3 Å². The van der Waals surface area contributed by atoms with Crippen molar-refractivity contribution in [3.8, 4) is 11.5 Å². The lowest BCUT2D eigenvalue weighted by molar-refractivity contribution is 0.181. The Morgan fingerprint density at radius 3 is 2.76 bits per heavy atom. The third-order valence-corrected chi connectivity index (χ3v) is 4.29. The second-order valence-electron chi connectivity index (χ2n) is 6.01. The minimum absolute atomic E-state index is 0. The number of rotatable bonds is 7. The van der Waals surface area contributed by atoms with Gasteiger partial charge in [-0.05, 0) is 36.6 Å². The zero-order valence-corrected chi connectivity index (χ0v) is 17.9. The number of ether oxygens (including phenoxy) is 3. The van der Waals surface area contributed by atoms with E-state index in [0.717, 1.165) is 62.2 Å². The fraction of sp³-hybridized carbons (Fsp3) is 0.611. The molecule has 0 amide bonds. The average Bonchev–Trinajstić information content (AvgIpc) is 3.11. The zero-order valence-electron chi connectivity index (χ0n) is 15.6. The Morgan fingerprint density at radius 2 is 2.16 bits per heavy atom. The van der Waals surface area contributed by atoms with Crippen LogP contribution in [0.2, 0.25) is 0 Å². The van der Waals surface area contributed by atoms with E-state index in [1.54, 1.807) is 14.2 Å². The van der Waals surface area contributed by atoms with E-state index in [-0.39, 0.29) is 24.0 Å². The first-order valence-corrected chi connectivity index (χ1v) is 8.38. The first-order valence-electron chi connectivity index (χ1n) is 8.38. The third kappa shape index (κ3) is 6.54. The van der Waals surface area contributed by atoms with Crippen molar-refractivity contribution in [1.29, 1.82) is 0 Å². The van der Waals surface area contributed by atoms with Gasteiger partial charge in [-0.2, -0.15) is 0 Å². The number of hydrogen-bond acceptors (Lipinski definition) is 4. The lowest BCUT2D eigenvalue weighted by atomic mass is 10.1. The Hall–Kier alpha value is -1.22. The summed E-state index contributed by atoms with van der Waals surface area (Å²) in [6, 6.07) is 5.87. The molecule has 1 fully saturated rings. The van der Waals surface area contributed by atoms with E-state index in [1.165, 1.54) is 0 Å². The van der Waals surface area contributed by atoms with Gasteiger partial charge in [-0.25, -0.2) is 0 Å². The number of nitrogens with one attached hydrogen (secondary N) is 1. The number of halogens is 1. The van der Waals surface area contributed by atoms with Gasteiger partial charge in [0.25, 0.3) is 0 Å². The molecule has 0 bridgehead atoms. The molecule has 7 heteroatoms. The van der Waals surface area contributed by atoms with Crippen LogP contribution in [0.4, 0.5) is 0 Å². The van der Waals surface area contributed by atoms with E-state index in [0.29, 0.717) is 5.92 Å². The van der Waals surface area contributed by atoms with E-state index >= 15 is 0 Å². The van der Waals surface area contributed by atoms with Gasteiger partial charge >= 0.3 is 0 Å². The Morgan fingerprint density at radius 1 is 1.36 bits per heavy atom. The molecule has 0 radical (unpaired) electrons. The summed E-state index contributed by atoms with van der Waals surface area (Å²) in [6.07, 6.45) is 1.96. The monoisotopic (exact) mass is 463 g/mol. The van der Waals surface area contributed by atoms with Crippen LogP contribution in [0.15, 0.2) is 23.2 Å². The number of hydrogen-bond donors (Lipinski definition) is 1. The second-order valence-corrected chi connectivity index (χ2v) is 6.01. The molecule has 142 valence electrons. The van der Waals surface area contributed by atoms with Gasteiger partial charge in [0.15, 0.2) is 5.96 Å². The van der Waals surface area contributed by atoms with Crippen LogP contribution in [0.5, 0.6) is 11.5 Å². The third-order valence-electron chi connectivity index (χ3n) is 4.29. The van der Waals surface area contributed by atoms with Gasteiger partial charge in [-0.1, -0.05) is 0 Å². The van der Waals surface area contributed by atoms with Crippen LogP contribution in [0.25, 0.3) is 0 Å². The summed E-state index contributed by atoms with van der Waals surface area (Å²) < 4.78 is 16.2. The van der Waals surface area contributed by atoms with Gasteiger partial charge in [0.05, 0.1) is 20.8 Å². The van der Waals surface area contributed by atoms with Crippen LogP contribution in [-0.2, 0) is 11.2 Å².